The zero-order valence-corrected chi connectivity index (χ0v) is 13.5. The minimum absolute atomic E-state index is 0.0665. The van der Waals surface area contributed by atoms with Crippen LogP contribution in [-0.2, 0) is 4.79 Å². The van der Waals surface area contributed by atoms with Crippen molar-refractivity contribution in [3.63, 3.8) is 0 Å². The summed E-state index contributed by atoms with van der Waals surface area (Å²) in [5.41, 5.74) is 2.14. The molecule has 1 aromatic carbocycles. The maximum absolute atomic E-state index is 12.2. The van der Waals surface area contributed by atoms with Crippen molar-refractivity contribution in [2.45, 2.75) is 45.7 Å². The Bertz CT molecular complexity index is 487. The largest absolute Gasteiger partial charge is 0.325 e. The number of hydrogen-bond acceptors (Lipinski definition) is 3. The Morgan fingerprint density at radius 3 is 2.90 bits per heavy atom. The van der Waals surface area contributed by atoms with E-state index in [4.69, 9.17) is 0 Å². The third kappa shape index (κ3) is 4.55. The standard InChI is InChI=1S/C17H27N3O/c1-12(2)15-6-5-7-16(8-15)19-17(21)11-20-10-13(3)18-9-14(20)4/h5-8,12-14,18H,9-11H2,1-4H3,(H,19,21). The minimum atomic E-state index is 0.0665. The molecule has 21 heavy (non-hydrogen) atoms. The van der Waals surface area contributed by atoms with Crippen molar-refractivity contribution in [3.8, 4) is 0 Å². The molecule has 0 spiro atoms. The van der Waals surface area contributed by atoms with Gasteiger partial charge in [0.1, 0.15) is 0 Å². The third-order valence-corrected chi connectivity index (χ3v) is 4.08. The number of nitrogens with one attached hydrogen (secondary N) is 2. The Morgan fingerprint density at radius 2 is 2.19 bits per heavy atom. The molecule has 1 amide bonds. The van der Waals surface area contributed by atoms with Crippen LogP contribution in [-0.4, -0.2) is 42.5 Å². The molecule has 0 aromatic heterocycles. The second-order valence-corrected chi connectivity index (χ2v) is 6.42. The number of amides is 1. The first kappa shape index (κ1) is 16.0. The van der Waals surface area contributed by atoms with E-state index in [0.29, 0.717) is 24.5 Å². The molecule has 0 saturated carbocycles. The van der Waals surface area contributed by atoms with Crippen molar-refractivity contribution in [3.05, 3.63) is 29.8 Å². The summed E-state index contributed by atoms with van der Waals surface area (Å²) in [6.45, 7) is 10.9. The van der Waals surface area contributed by atoms with Crippen LogP contribution in [0.5, 0.6) is 0 Å². The fourth-order valence-electron chi connectivity index (χ4n) is 2.68. The fraction of sp³-hybridized carbons (Fsp3) is 0.588. The molecule has 4 nitrogen and oxygen atoms in total. The average Bonchev–Trinajstić information content (AvgIpc) is 2.43. The van der Waals surface area contributed by atoms with Gasteiger partial charge in [0.15, 0.2) is 0 Å². The number of nitrogens with zero attached hydrogens (tertiary/aromatic N) is 1. The molecule has 1 aliphatic rings. The zero-order valence-electron chi connectivity index (χ0n) is 13.5. The Hall–Kier alpha value is -1.39. The van der Waals surface area contributed by atoms with Crippen LogP contribution >= 0.6 is 0 Å². The van der Waals surface area contributed by atoms with E-state index >= 15 is 0 Å². The summed E-state index contributed by atoms with van der Waals surface area (Å²) in [5, 5.41) is 6.45. The van der Waals surface area contributed by atoms with Crippen molar-refractivity contribution < 1.29 is 4.79 Å². The normalized spacial score (nSPS) is 23.3. The molecule has 1 fully saturated rings. The number of anilines is 1. The van der Waals surface area contributed by atoms with Crippen LogP contribution < -0.4 is 10.6 Å². The molecule has 2 N–H and O–H groups in total. The van der Waals surface area contributed by atoms with E-state index in [1.807, 2.05) is 12.1 Å². The van der Waals surface area contributed by atoms with Crippen molar-refractivity contribution in [2.24, 2.45) is 0 Å². The quantitative estimate of drug-likeness (QED) is 0.895. The second-order valence-electron chi connectivity index (χ2n) is 6.42. The van der Waals surface area contributed by atoms with Crippen molar-refractivity contribution in [2.75, 3.05) is 25.0 Å². The van der Waals surface area contributed by atoms with E-state index in [1.54, 1.807) is 0 Å². The highest BCUT2D eigenvalue weighted by Gasteiger charge is 2.24. The van der Waals surface area contributed by atoms with Crippen LogP contribution in [0.2, 0.25) is 0 Å². The molecule has 0 radical (unpaired) electrons. The maximum Gasteiger partial charge on any atom is 0.238 e. The van der Waals surface area contributed by atoms with Crippen LogP contribution in [0.15, 0.2) is 24.3 Å². The van der Waals surface area contributed by atoms with Gasteiger partial charge in [-0.1, -0.05) is 26.0 Å². The van der Waals surface area contributed by atoms with Crippen LogP contribution in [0.25, 0.3) is 0 Å². The first-order valence-electron chi connectivity index (χ1n) is 7.83. The highest BCUT2D eigenvalue weighted by atomic mass is 16.2. The van der Waals surface area contributed by atoms with Gasteiger partial charge in [0.05, 0.1) is 6.54 Å². The number of carbonyl (C=O) groups excluding carboxylic acids is 1. The predicted octanol–water partition coefficient (Wildman–Crippen LogP) is 2.43. The molecule has 1 aliphatic heterocycles. The van der Waals surface area contributed by atoms with Gasteiger partial charge in [-0.3, -0.25) is 9.69 Å². The number of benzene rings is 1. The molecule has 2 atom stereocenters. The van der Waals surface area contributed by atoms with E-state index in [2.05, 4.69) is 55.4 Å². The lowest BCUT2D eigenvalue weighted by Gasteiger charge is -2.36. The lowest BCUT2D eigenvalue weighted by Crippen LogP contribution is -2.55. The molecule has 1 saturated heterocycles. The fourth-order valence-corrected chi connectivity index (χ4v) is 2.68. The van der Waals surface area contributed by atoms with Gasteiger partial charge in [0, 0.05) is 30.9 Å². The van der Waals surface area contributed by atoms with E-state index in [-0.39, 0.29) is 5.91 Å². The molecular weight excluding hydrogens is 262 g/mol. The first-order valence-corrected chi connectivity index (χ1v) is 7.83. The van der Waals surface area contributed by atoms with Crippen LogP contribution in [0, 0.1) is 0 Å². The monoisotopic (exact) mass is 289 g/mol. The molecule has 2 rings (SSSR count). The molecular formula is C17H27N3O. The smallest absolute Gasteiger partial charge is 0.238 e. The Kier molecular flexibility index (Phi) is 5.37. The molecule has 4 heteroatoms. The van der Waals surface area contributed by atoms with Crippen molar-refractivity contribution in [1.82, 2.24) is 10.2 Å². The topological polar surface area (TPSA) is 44.4 Å². The zero-order chi connectivity index (χ0) is 15.4. The van der Waals surface area contributed by atoms with Gasteiger partial charge in [0.25, 0.3) is 0 Å². The lowest BCUT2D eigenvalue weighted by atomic mass is 10.0. The summed E-state index contributed by atoms with van der Waals surface area (Å²) in [4.78, 5) is 14.5. The summed E-state index contributed by atoms with van der Waals surface area (Å²) in [6.07, 6.45) is 0. The van der Waals surface area contributed by atoms with E-state index in [0.717, 1.165) is 18.8 Å². The third-order valence-electron chi connectivity index (χ3n) is 4.08. The van der Waals surface area contributed by atoms with E-state index in [9.17, 15) is 4.79 Å². The summed E-state index contributed by atoms with van der Waals surface area (Å²) in [5.74, 6) is 0.535. The van der Waals surface area contributed by atoms with Gasteiger partial charge in [-0.15, -0.1) is 0 Å². The maximum atomic E-state index is 12.2. The molecule has 0 aliphatic carbocycles. The second kappa shape index (κ2) is 7.05. The van der Waals surface area contributed by atoms with Gasteiger partial charge in [-0.05, 0) is 37.5 Å². The van der Waals surface area contributed by atoms with Gasteiger partial charge < -0.3 is 10.6 Å². The number of rotatable bonds is 4. The van der Waals surface area contributed by atoms with Gasteiger partial charge in [-0.2, -0.15) is 0 Å². The van der Waals surface area contributed by atoms with Crippen LogP contribution in [0.1, 0.15) is 39.2 Å². The number of carbonyl (C=O) groups is 1. The number of hydrogen-bond donors (Lipinski definition) is 2. The SMILES string of the molecule is CC1CN(CC(=O)Nc2cccc(C(C)C)c2)C(C)CN1. The Morgan fingerprint density at radius 1 is 1.43 bits per heavy atom. The highest BCUT2D eigenvalue weighted by molar-refractivity contribution is 5.92. The average molecular weight is 289 g/mol. The Balaban J connectivity index is 1.93. The van der Waals surface area contributed by atoms with Crippen LogP contribution in [0.3, 0.4) is 0 Å². The van der Waals surface area contributed by atoms with Gasteiger partial charge >= 0.3 is 0 Å². The molecule has 116 valence electrons. The first-order chi connectivity index (χ1) is 9.95. The summed E-state index contributed by atoms with van der Waals surface area (Å²) < 4.78 is 0. The van der Waals surface area contributed by atoms with E-state index < -0.39 is 0 Å². The lowest BCUT2D eigenvalue weighted by molar-refractivity contribution is -0.118. The van der Waals surface area contributed by atoms with E-state index in [1.165, 1.54) is 5.56 Å². The van der Waals surface area contributed by atoms with Gasteiger partial charge in [-0.25, -0.2) is 0 Å². The molecule has 2 unspecified atom stereocenters. The predicted molar refractivity (Wildman–Crippen MR) is 87.7 cm³/mol. The van der Waals surface area contributed by atoms with Crippen molar-refractivity contribution in [1.29, 1.82) is 0 Å². The highest BCUT2D eigenvalue weighted by Crippen LogP contribution is 2.18. The van der Waals surface area contributed by atoms with Gasteiger partial charge in [0.2, 0.25) is 5.91 Å². The molecule has 1 aromatic rings. The minimum Gasteiger partial charge on any atom is -0.325 e. The summed E-state index contributed by atoms with van der Waals surface area (Å²) in [7, 11) is 0. The van der Waals surface area contributed by atoms with Crippen LogP contribution in [0.4, 0.5) is 5.69 Å². The molecule has 0 bridgehead atoms. The summed E-state index contributed by atoms with van der Waals surface area (Å²) in [6, 6.07) is 8.95. The molecule has 1 heterocycles. The summed E-state index contributed by atoms with van der Waals surface area (Å²) >= 11 is 0. The number of piperazine rings is 1. The Labute approximate surface area is 127 Å². The van der Waals surface area contributed by atoms with Crippen molar-refractivity contribution >= 4 is 11.6 Å².